The Kier molecular flexibility index (Phi) is 6.39. The van der Waals surface area contributed by atoms with Crippen LogP contribution in [0.3, 0.4) is 0 Å². The van der Waals surface area contributed by atoms with Gasteiger partial charge in [-0.2, -0.15) is 0 Å². The average Bonchev–Trinajstić information content (AvgIpc) is 3.41. The minimum absolute atomic E-state index is 0.148. The van der Waals surface area contributed by atoms with Crippen LogP contribution < -0.4 is 24.3 Å². The summed E-state index contributed by atoms with van der Waals surface area (Å²) in [4.78, 5) is 24.3. The highest BCUT2D eigenvalue weighted by molar-refractivity contribution is 5.93. The topological polar surface area (TPSA) is 92.3 Å². The van der Waals surface area contributed by atoms with Crippen molar-refractivity contribution in [2.75, 3.05) is 26.1 Å². The summed E-state index contributed by atoms with van der Waals surface area (Å²) in [6, 6.07) is 10.7. The van der Waals surface area contributed by atoms with Gasteiger partial charge in [0.1, 0.15) is 0 Å². The first kappa shape index (κ1) is 21.8. The van der Waals surface area contributed by atoms with E-state index in [4.69, 9.17) is 23.7 Å². The number of ether oxygens (including phenoxy) is 5. The Morgan fingerprint density at radius 1 is 0.969 bits per heavy atom. The Bertz CT molecular complexity index is 998. The third-order valence-electron chi connectivity index (χ3n) is 5.61. The standard InChI is InChI=1S/C24H27NO7/c1-28-18-8-5-16(13-20(18)29-2)6-10-23(27)30-15-22(26)25-17-7-9-19-21(14-17)32-24(31-19)11-3-4-12-24/h5,7-9,13-14H,3-4,6,10-12,15H2,1-2H3,(H,25,26). The van der Waals surface area contributed by atoms with Gasteiger partial charge in [-0.3, -0.25) is 9.59 Å². The molecule has 4 rings (SSSR count). The van der Waals surface area contributed by atoms with Crippen molar-refractivity contribution in [1.29, 1.82) is 0 Å². The summed E-state index contributed by atoms with van der Waals surface area (Å²) in [5.74, 6) is 1.11. The largest absolute Gasteiger partial charge is 0.493 e. The molecule has 0 atom stereocenters. The number of hydrogen-bond donors (Lipinski definition) is 1. The van der Waals surface area contributed by atoms with Crippen molar-refractivity contribution in [3.8, 4) is 23.0 Å². The lowest BCUT2D eigenvalue weighted by Crippen LogP contribution is -2.34. The van der Waals surface area contributed by atoms with Crippen molar-refractivity contribution in [3.63, 3.8) is 0 Å². The van der Waals surface area contributed by atoms with E-state index in [0.29, 0.717) is 35.1 Å². The van der Waals surface area contributed by atoms with Crippen LogP contribution in [-0.2, 0) is 20.7 Å². The molecule has 1 spiro atoms. The van der Waals surface area contributed by atoms with Gasteiger partial charge in [0.2, 0.25) is 0 Å². The van der Waals surface area contributed by atoms with E-state index in [1.54, 1.807) is 38.5 Å². The highest BCUT2D eigenvalue weighted by Crippen LogP contribution is 2.47. The third kappa shape index (κ3) is 4.90. The number of carbonyl (C=O) groups is 2. The highest BCUT2D eigenvalue weighted by Gasteiger charge is 2.44. The molecule has 1 aliphatic heterocycles. The van der Waals surface area contributed by atoms with Crippen LogP contribution in [0.2, 0.25) is 0 Å². The maximum Gasteiger partial charge on any atom is 0.306 e. The Hall–Kier alpha value is -3.42. The van der Waals surface area contributed by atoms with Gasteiger partial charge in [0.25, 0.3) is 11.7 Å². The summed E-state index contributed by atoms with van der Waals surface area (Å²) in [5, 5.41) is 2.73. The Balaban J connectivity index is 1.23. The van der Waals surface area contributed by atoms with Gasteiger partial charge in [0.15, 0.2) is 29.6 Å². The number of aryl methyl sites for hydroxylation is 1. The second-order valence-corrected chi connectivity index (χ2v) is 7.88. The molecule has 0 unspecified atom stereocenters. The first-order valence-electron chi connectivity index (χ1n) is 10.7. The van der Waals surface area contributed by atoms with Crippen LogP contribution in [0.5, 0.6) is 23.0 Å². The molecular weight excluding hydrogens is 414 g/mol. The van der Waals surface area contributed by atoms with Gasteiger partial charge in [-0.15, -0.1) is 0 Å². The number of methoxy groups -OCH3 is 2. The minimum Gasteiger partial charge on any atom is -0.493 e. The van der Waals surface area contributed by atoms with Crippen LogP contribution in [0.1, 0.15) is 37.7 Å². The van der Waals surface area contributed by atoms with Gasteiger partial charge in [-0.05, 0) is 49.1 Å². The van der Waals surface area contributed by atoms with Crippen LogP contribution in [0.25, 0.3) is 0 Å². The fraction of sp³-hybridized carbons (Fsp3) is 0.417. The molecule has 1 amide bonds. The molecule has 0 radical (unpaired) electrons. The lowest BCUT2D eigenvalue weighted by molar-refractivity contribution is -0.147. The van der Waals surface area contributed by atoms with Gasteiger partial charge in [-0.1, -0.05) is 6.07 Å². The molecule has 2 aromatic carbocycles. The first-order chi connectivity index (χ1) is 15.5. The van der Waals surface area contributed by atoms with Crippen molar-refractivity contribution < 1.29 is 33.3 Å². The highest BCUT2D eigenvalue weighted by atomic mass is 16.7. The summed E-state index contributed by atoms with van der Waals surface area (Å²) in [6.07, 6.45) is 4.49. The van der Waals surface area contributed by atoms with Crippen LogP contribution in [-0.4, -0.2) is 38.5 Å². The molecule has 1 fully saturated rings. The number of fused-ring (bicyclic) bond motifs is 1. The van der Waals surface area contributed by atoms with Crippen LogP contribution in [0, 0.1) is 0 Å². The van der Waals surface area contributed by atoms with E-state index in [-0.39, 0.29) is 13.0 Å². The van der Waals surface area contributed by atoms with E-state index < -0.39 is 17.7 Å². The Labute approximate surface area is 186 Å². The van der Waals surface area contributed by atoms with E-state index >= 15 is 0 Å². The number of nitrogens with one attached hydrogen (secondary N) is 1. The van der Waals surface area contributed by atoms with Gasteiger partial charge < -0.3 is 29.0 Å². The molecule has 2 aliphatic rings. The first-order valence-corrected chi connectivity index (χ1v) is 10.7. The number of rotatable bonds is 8. The zero-order valence-electron chi connectivity index (χ0n) is 18.3. The second kappa shape index (κ2) is 9.38. The third-order valence-corrected chi connectivity index (χ3v) is 5.61. The summed E-state index contributed by atoms with van der Waals surface area (Å²) in [6.45, 7) is -0.358. The van der Waals surface area contributed by atoms with E-state index in [9.17, 15) is 9.59 Å². The number of esters is 1. The Morgan fingerprint density at radius 2 is 1.72 bits per heavy atom. The maximum atomic E-state index is 12.2. The molecule has 1 heterocycles. The molecule has 0 saturated heterocycles. The average molecular weight is 441 g/mol. The Morgan fingerprint density at radius 3 is 2.47 bits per heavy atom. The van der Waals surface area contributed by atoms with E-state index in [0.717, 1.165) is 31.2 Å². The lowest BCUT2D eigenvalue weighted by Gasteiger charge is -2.21. The molecule has 2 aromatic rings. The lowest BCUT2D eigenvalue weighted by atomic mass is 10.1. The number of anilines is 1. The molecule has 8 nitrogen and oxygen atoms in total. The fourth-order valence-corrected chi connectivity index (χ4v) is 3.99. The van der Waals surface area contributed by atoms with Crippen molar-refractivity contribution in [3.05, 3.63) is 42.0 Å². The molecule has 1 saturated carbocycles. The van der Waals surface area contributed by atoms with Crippen molar-refractivity contribution in [2.24, 2.45) is 0 Å². The van der Waals surface area contributed by atoms with Gasteiger partial charge in [0, 0.05) is 31.0 Å². The second-order valence-electron chi connectivity index (χ2n) is 7.88. The van der Waals surface area contributed by atoms with E-state index in [1.165, 1.54) is 0 Å². The minimum atomic E-state index is -0.547. The maximum absolute atomic E-state index is 12.2. The normalized spacial score (nSPS) is 15.4. The van der Waals surface area contributed by atoms with Crippen LogP contribution in [0.4, 0.5) is 5.69 Å². The number of benzene rings is 2. The van der Waals surface area contributed by atoms with Crippen LogP contribution in [0.15, 0.2) is 36.4 Å². The number of carbonyl (C=O) groups excluding carboxylic acids is 2. The molecule has 1 aliphatic carbocycles. The molecular formula is C24H27NO7. The molecule has 0 bridgehead atoms. The number of amides is 1. The monoisotopic (exact) mass is 441 g/mol. The summed E-state index contributed by atoms with van der Waals surface area (Å²) in [7, 11) is 3.12. The number of hydrogen-bond acceptors (Lipinski definition) is 7. The molecule has 170 valence electrons. The summed E-state index contributed by atoms with van der Waals surface area (Å²) in [5.41, 5.74) is 1.47. The van der Waals surface area contributed by atoms with Crippen molar-refractivity contribution in [2.45, 2.75) is 44.3 Å². The van der Waals surface area contributed by atoms with Gasteiger partial charge >= 0.3 is 5.97 Å². The molecule has 1 N–H and O–H groups in total. The quantitative estimate of drug-likeness (QED) is 0.622. The van der Waals surface area contributed by atoms with Gasteiger partial charge in [-0.25, -0.2) is 0 Å². The molecule has 0 aromatic heterocycles. The van der Waals surface area contributed by atoms with Crippen LogP contribution >= 0.6 is 0 Å². The predicted octanol–water partition coefficient (Wildman–Crippen LogP) is 3.86. The zero-order valence-corrected chi connectivity index (χ0v) is 18.3. The predicted molar refractivity (Wildman–Crippen MR) is 116 cm³/mol. The van der Waals surface area contributed by atoms with Crippen molar-refractivity contribution in [1.82, 2.24) is 0 Å². The zero-order chi connectivity index (χ0) is 22.6. The van der Waals surface area contributed by atoms with Crippen molar-refractivity contribution >= 4 is 17.6 Å². The van der Waals surface area contributed by atoms with E-state index in [1.807, 2.05) is 12.1 Å². The SMILES string of the molecule is COc1ccc(CCC(=O)OCC(=O)Nc2ccc3c(c2)OC2(CCCC2)O3)cc1OC. The van der Waals surface area contributed by atoms with E-state index in [2.05, 4.69) is 5.32 Å². The molecule has 8 heteroatoms. The smallest absolute Gasteiger partial charge is 0.306 e. The molecule has 32 heavy (non-hydrogen) atoms. The summed E-state index contributed by atoms with van der Waals surface area (Å²) >= 11 is 0. The summed E-state index contributed by atoms with van der Waals surface area (Å²) < 4.78 is 27.5. The van der Waals surface area contributed by atoms with Gasteiger partial charge in [0.05, 0.1) is 14.2 Å². The fourth-order valence-electron chi connectivity index (χ4n) is 3.99.